The molecule has 1 heterocycles. The summed E-state index contributed by atoms with van der Waals surface area (Å²) in [4.78, 5) is 27.9. The molecule has 1 aromatic heterocycles. The van der Waals surface area contributed by atoms with E-state index in [0.717, 1.165) is 48.4 Å². The number of nitrogens with two attached hydrogens (primary N) is 1. The number of primary amides is 1. The van der Waals surface area contributed by atoms with Gasteiger partial charge in [-0.2, -0.15) is 15.0 Å². The predicted octanol–water partition coefficient (Wildman–Crippen LogP) is 6.01. The molecule has 1 saturated carbocycles. The number of carbonyl (C=O) groups is 1. The van der Waals surface area contributed by atoms with Crippen molar-refractivity contribution < 1.29 is 4.79 Å². The Morgan fingerprint density at radius 3 is 2.42 bits per heavy atom. The Hall–Kier alpha value is -2.90. The lowest BCUT2D eigenvalue weighted by Gasteiger charge is -2.22. The van der Waals surface area contributed by atoms with Crippen LogP contribution < -0.4 is 21.3 Å². The van der Waals surface area contributed by atoms with Crippen LogP contribution in [-0.4, -0.2) is 40.5 Å². The Morgan fingerprint density at radius 1 is 1.08 bits per heavy atom. The van der Waals surface area contributed by atoms with E-state index in [1.165, 1.54) is 12.8 Å². The third-order valence-electron chi connectivity index (χ3n) is 6.83. The normalized spacial score (nSPS) is 18.1. The van der Waals surface area contributed by atoms with E-state index in [1.54, 1.807) is 12.1 Å². The van der Waals surface area contributed by atoms with Gasteiger partial charge in [0.15, 0.2) is 0 Å². The van der Waals surface area contributed by atoms with Gasteiger partial charge in [0.25, 0.3) is 0 Å². The predicted molar refractivity (Wildman–Crippen MR) is 151 cm³/mol. The first-order valence-corrected chi connectivity index (χ1v) is 12.9. The van der Waals surface area contributed by atoms with Gasteiger partial charge < -0.3 is 21.3 Å². The lowest BCUT2D eigenvalue weighted by Crippen LogP contribution is -2.26. The van der Waals surface area contributed by atoms with Crippen molar-refractivity contribution in [2.24, 2.45) is 29.4 Å². The molecule has 1 fully saturated rings. The minimum atomic E-state index is -0.467. The highest BCUT2D eigenvalue weighted by Gasteiger charge is 2.29. The lowest BCUT2D eigenvalue weighted by molar-refractivity contribution is 0.100. The number of anilines is 4. The monoisotopic (exact) mass is 497 g/mol. The minimum absolute atomic E-state index is 0. The van der Waals surface area contributed by atoms with E-state index in [9.17, 15) is 4.79 Å². The van der Waals surface area contributed by atoms with E-state index in [0.29, 0.717) is 35.4 Å². The minimum Gasteiger partial charge on any atom is -0.366 e. The SMILES string of the molecule is C.Cc1ccc(C(N)=O)cc1Nc1nc(N[C@H]2CCC(C(C)CC(C)C)C2)nc(N(C)CC(C)C)n1. The quantitative estimate of drug-likeness (QED) is 0.348. The van der Waals surface area contributed by atoms with Gasteiger partial charge in [-0.1, -0.05) is 48.1 Å². The van der Waals surface area contributed by atoms with Crippen molar-refractivity contribution in [1.82, 2.24) is 15.0 Å². The van der Waals surface area contributed by atoms with Crippen LogP contribution in [0.4, 0.5) is 23.5 Å². The Bertz CT molecular complexity index is 1010. The van der Waals surface area contributed by atoms with E-state index < -0.39 is 5.91 Å². The molecule has 2 aromatic rings. The summed E-state index contributed by atoms with van der Waals surface area (Å²) in [5, 5.41) is 6.89. The number of aromatic nitrogens is 3. The van der Waals surface area contributed by atoms with Gasteiger partial charge in [0.05, 0.1) is 0 Å². The van der Waals surface area contributed by atoms with Crippen LogP contribution >= 0.6 is 0 Å². The van der Waals surface area contributed by atoms with E-state index in [2.05, 4.69) is 55.1 Å². The highest BCUT2D eigenvalue weighted by atomic mass is 16.1. The molecule has 1 amide bonds. The molecule has 3 atom stereocenters. The zero-order chi connectivity index (χ0) is 25.7. The molecule has 1 aliphatic rings. The second-order valence-electron chi connectivity index (χ2n) is 11.1. The van der Waals surface area contributed by atoms with Crippen molar-refractivity contribution in [3.05, 3.63) is 29.3 Å². The average molecular weight is 498 g/mol. The first-order valence-electron chi connectivity index (χ1n) is 12.9. The third kappa shape index (κ3) is 8.07. The number of nitrogens with one attached hydrogen (secondary N) is 2. The average Bonchev–Trinajstić information content (AvgIpc) is 3.22. The third-order valence-corrected chi connectivity index (χ3v) is 6.83. The van der Waals surface area contributed by atoms with E-state index in [-0.39, 0.29) is 7.43 Å². The van der Waals surface area contributed by atoms with Crippen LogP contribution in [0.3, 0.4) is 0 Å². The molecule has 200 valence electrons. The van der Waals surface area contributed by atoms with Crippen molar-refractivity contribution in [2.75, 3.05) is 29.1 Å². The van der Waals surface area contributed by atoms with Gasteiger partial charge in [-0.25, -0.2) is 0 Å². The molecule has 36 heavy (non-hydrogen) atoms. The number of amides is 1. The van der Waals surface area contributed by atoms with E-state index in [4.69, 9.17) is 15.7 Å². The smallest absolute Gasteiger partial charge is 0.248 e. The number of nitrogens with zero attached hydrogens (tertiary/aromatic N) is 4. The zero-order valence-corrected chi connectivity index (χ0v) is 22.4. The van der Waals surface area contributed by atoms with Gasteiger partial charge in [0.2, 0.25) is 23.8 Å². The van der Waals surface area contributed by atoms with Crippen LogP contribution in [0.5, 0.6) is 0 Å². The Labute approximate surface area is 217 Å². The largest absolute Gasteiger partial charge is 0.366 e. The number of hydrogen-bond acceptors (Lipinski definition) is 7. The maximum Gasteiger partial charge on any atom is 0.248 e. The number of aryl methyl sites for hydroxylation is 1. The van der Waals surface area contributed by atoms with Crippen molar-refractivity contribution in [1.29, 1.82) is 0 Å². The topological polar surface area (TPSA) is 109 Å². The molecule has 0 bridgehead atoms. The van der Waals surface area contributed by atoms with Gasteiger partial charge in [-0.3, -0.25) is 4.79 Å². The number of carbonyl (C=O) groups excluding carboxylic acids is 1. The first kappa shape index (κ1) is 29.3. The fraction of sp³-hybridized carbons (Fsp3) is 0.643. The summed E-state index contributed by atoms with van der Waals surface area (Å²) in [5.41, 5.74) is 7.65. The molecule has 4 N–H and O–H groups in total. The van der Waals surface area contributed by atoms with Gasteiger partial charge >= 0.3 is 0 Å². The molecule has 1 aliphatic carbocycles. The summed E-state index contributed by atoms with van der Waals surface area (Å²) in [5.74, 6) is 3.83. The summed E-state index contributed by atoms with van der Waals surface area (Å²) in [6.07, 6.45) is 4.77. The van der Waals surface area contributed by atoms with Gasteiger partial charge in [0, 0.05) is 30.9 Å². The Morgan fingerprint density at radius 2 is 1.78 bits per heavy atom. The number of benzene rings is 1. The van der Waals surface area contributed by atoms with Gasteiger partial charge in [0.1, 0.15) is 0 Å². The summed E-state index contributed by atoms with van der Waals surface area (Å²) in [6.45, 7) is 14.1. The fourth-order valence-electron chi connectivity index (χ4n) is 5.10. The van der Waals surface area contributed by atoms with Crippen LogP contribution in [0, 0.1) is 30.6 Å². The van der Waals surface area contributed by atoms with Crippen molar-refractivity contribution in [3.63, 3.8) is 0 Å². The highest BCUT2D eigenvalue weighted by Crippen LogP contribution is 2.36. The molecule has 0 aliphatic heterocycles. The van der Waals surface area contributed by atoms with Crippen LogP contribution in [0.25, 0.3) is 0 Å². The summed E-state index contributed by atoms with van der Waals surface area (Å²) in [6, 6.07) is 5.69. The zero-order valence-electron chi connectivity index (χ0n) is 22.4. The second kappa shape index (κ2) is 12.9. The van der Waals surface area contributed by atoms with E-state index in [1.807, 2.05) is 20.0 Å². The maximum absolute atomic E-state index is 11.7. The Kier molecular flexibility index (Phi) is 10.5. The van der Waals surface area contributed by atoms with Crippen LogP contribution in [0.1, 0.15) is 83.7 Å². The molecule has 8 heteroatoms. The van der Waals surface area contributed by atoms with Crippen LogP contribution in [0.15, 0.2) is 18.2 Å². The summed E-state index contributed by atoms with van der Waals surface area (Å²) >= 11 is 0. The van der Waals surface area contributed by atoms with Crippen molar-refractivity contribution in [3.8, 4) is 0 Å². The molecular weight excluding hydrogens is 450 g/mol. The summed E-state index contributed by atoms with van der Waals surface area (Å²) < 4.78 is 0. The standard InChI is InChI=1S/C27H43N7O.CH4/c1-16(2)12-19(6)20-10-11-22(13-20)29-25-31-26(33-27(32-25)34(7)15-17(3)4)30-23-14-21(24(28)35)9-8-18(23)5;/h8-9,14,16-17,19-20,22H,10-13,15H2,1-7H3,(H2,28,35)(H2,29,30,31,32,33);1H4/t19?,20?,22-;/m0./s1. The molecule has 8 nitrogen and oxygen atoms in total. The molecule has 3 rings (SSSR count). The van der Waals surface area contributed by atoms with Gasteiger partial charge in [-0.05, 0) is 74.0 Å². The number of hydrogen-bond donors (Lipinski definition) is 3. The molecule has 0 radical (unpaired) electrons. The van der Waals surface area contributed by atoms with Crippen molar-refractivity contribution in [2.45, 2.75) is 80.7 Å². The van der Waals surface area contributed by atoms with E-state index >= 15 is 0 Å². The van der Waals surface area contributed by atoms with Crippen LogP contribution in [-0.2, 0) is 0 Å². The molecule has 1 aromatic carbocycles. The fourth-order valence-corrected chi connectivity index (χ4v) is 5.10. The molecule has 0 spiro atoms. The van der Waals surface area contributed by atoms with Gasteiger partial charge in [-0.15, -0.1) is 0 Å². The van der Waals surface area contributed by atoms with Crippen molar-refractivity contribution >= 4 is 29.4 Å². The van der Waals surface area contributed by atoms with Crippen LogP contribution in [0.2, 0.25) is 0 Å². The first-order chi connectivity index (χ1) is 16.5. The molecule has 0 saturated heterocycles. The number of rotatable bonds is 11. The Balaban J connectivity index is 0.00000456. The molecule has 2 unspecified atom stereocenters. The second-order valence-corrected chi connectivity index (χ2v) is 11.1. The molecular formula is C28H47N7O. The lowest BCUT2D eigenvalue weighted by atomic mass is 9.86. The highest BCUT2D eigenvalue weighted by molar-refractivity contribution is 5.94. The maximum atomic E-state index is 11.7. The summed E-state index contributed by atoms with van der Waals surface area (Å²) in [7, 11) is 2.00.